The molecular formula is C16H28N2O. The first-order valence-corrected chi connectivity index (χ1v) is 7.20. The normalized spacial score (nSPS) is 12.5. The van der Waals surface area contributed by atoms with Crippen LogP contribution in [-0.4, -0.2) is 11.8 Å². The van der Waals surface area contributed by atoms with E-state index < -0.39 is 0 Å². The fourth-order valence-corrected chi connectivity index (χ4v) is 1.64. The van der Waals surface area contributed by atoms with Gasteiger partial charge in [-0.15, -0.1) is 0 Å². The second-order valence-corrected chi connectivity index (χ2v) is 4.17. The Morgan fingerprint density at radius 1 is 1.21 bits per heavy atom. The minimum absolute atomic E-state index is 0.337. The number of ether oxygens (including phenoxy) is 1. The maximum Gasteiger partial charge on any atom is 0.131 e. The van der Waals surface area contributed by atoms with E-state index in [1.807, 2.05) is 46.8 Å². The molecule has 1 aliphatic rings. The summed E-state index contributed by atoms with van der Waals surface area (Å²) in [5.41, 5.74) is 8.82. The maximum absolute atomic E-state index is 7.69. The number of anilines is 1. The summed E-state index contributed by atoms with van der Waals surface area (Å²) in [5, 5.41) is 7.69. The quantitative estimate of drug-likeness (QED) is 0.621. The van der Waals surface area contributed by atoms with E-state index in [0.29, 0.717) is 17.5 Å². The van der Waals surface area contributed by atoms with E-state index in [9.17, 15) is 0 Å². The van der Waals surface area contributed by atoms with Gasteiger partial charge in [-0.3, -0.25) is 0 Å². The van der Waals surface area contributed by atoms with Crippen LogP contribution in [0.5, 0.6) is 5.75 Å². The lowest BCUT2D eigenvalue weighted by atomic mass is 10.0. The highest BCUT2D eigenvalue weighted by Gasteiger charge is 2.25. The molecule has 0 bridgehead atoms. The predicted octanol–water partition coefficient (Wildman–Crippen LogP) is 4.56. The molecule has 3 heteroatoms. The first-order chi connectivity index (χ1) is 9.08. The molecule has 1 aromatic carbocycles. The van der Waals surface area contributed by atoms with Gasteiger partial charge in [0.05, 0.1) is 11.7 Å². The van der Waals surface area contributed by atoms with Gasteiger partial charge in [-0.05, 0) is 44.4 Å². The van der Waals surface area contributed by atoms with E-state index in [2.05, 4.69) is 0 Å². The van der Waals surface area contributed by atoms with Gasteiger partial charge in [0.25, 0.3) is 0 Å². The number of benzene rings is 1. The van der Waals surface area contributed by atoms with Gasteiger partial charge in [0, 0.05) is 11.4 Å². The van der Waals surface area contributed by atoms with Gasteiger partial charge in [-0.2, -0.15) is 0 Å². The van der Waals surface area contributed by atoms with Crippen molar-refractivity contribution < 1.29 is 4.74 Å². The minimum atomic E-state index is 0.337. The number of rotatable bonds is 3. The van der Waals surface area contributed by atoms with Crippen LogP contribution in [0.2, 0.25) is 0 Å². The number of aryl methyl sites for hydroxylation is 1. The average molecular weight is 264 g/mol. The molecule has 1 fully saturated rings. The minimum Gasteiger partial charge on any atom is -0.490 e. The number of hydrogen-bond acceptors (Lipinski definition) is 3. The molecule has 0 aliphatic heterocycles. The van der Waals surface area contributed by atoms with E-state index in [4.69, 9.17) is 15.9 Å². The Hall–Kier alpha value is -1.51. The Kier molecular flexibility index (Phi) is 7.89. The van der Waals surface area contributed by atoms with E-state index in [0.717, 1.165) is 29.7 Å². The molecule has 2 rings (SSSR count). The van der Waals surface area contributed by atoms with Crippen LogP contribution in [0, 0.1) is 12.3 Å². The molecule has 0 unspecified atom stereocenters. The summed E-state index contributed by atoms with van der Waals surface area (Å²) in [6, 6.07) is 3.84. The van der Waals surface area contributed by atoms with Gasteiger partial charge in [0.15, 0.2) is 0 Å². The third-order valence-corrected chi connectivity index (χ3v) is 2.47. The van der Waals surface area contributed by atoms with E-state index in [1.54, 1.807) is 6.92 Å². The Morgan fingerprint density at radius 3 is 2.16 bits per heavy atom. The third-order valence-electron chi connectivity index (χ3n) is 2.47. The molecule has 0 radical (unpaired) electrons. The summed E-state index contributed by atoms with van der Waals surface area (Å²) in [4.78, 5) is 0. The van der Waals surface area contributed by atoms with Crippen LogP contribution >= 0.6 is 0 Å². The maximum atomic E-state index is 7.69. The molecule has 108 valence electrons. The largest absolute Gasteiger partial charge is 0.490 e. The summed E-state index contributed by atoms with van der Waals surface area (Å²) >= 11 is 0. The molecule has 19 heavy (non-hydrogen) atoms. The van der Waals surface area contributed by atoms with Gasteiger partial charge < -0.3 is 15.9 Å². The molecule has 0 heterocycles. The van der Waals surface area contributed by atoms with Crippen molar-refractivity contribution in [1.82, 2.24) is 0 Å². The Labute approximate surface area is 117 Å². The smallest absolute Gasteiger partial charge is 0.131 e. The molecule has 0 amide bonds. The molecule has 0 spiro atoms. The summed E-state index contributed by atoms with van der Waals surface area (Å²) in [5.74, 6) is 0.766. The van der Waals surface area contributed by atoms with Crippen molar-refractivity contribution in [2.75, 3.05) is 5.73 Å². The number of hydrogen-bond donors (Lipinski definition) is 2. The summed E-state index contributed by atoms with van der Waals surface area (Å²) < 4.78 is 5.76. The topological polar surface area (TPSA) is 59.1 Å². The highest BCUT2D eigenvalue weighted by Crippen LogP contribution is 2.33. The zero-order valence-electron chi connectivity index (χ0n) is 13.1. The van der Waals surface area contributed by atoms with Crippen molar-refractivity contribution in [3.8, 4) is 5.75 Å². The van der Waals surface area contributed by atoms with Gasteiger partial charge in [0.2, 0.25) is 0 Å². The monoisotopic (exact) mass is 264 g/mol. The highest BCUT2D eigenvalue weighted by molar-refractivity contribution is 6.03. The van der Waals surface area contributed by atoms with Crippen LogP contribution in [0.15, 0.2) is 12.1 Å². The molecule has 0 aromatic heterocycles. The average Bonchev–Trinajstić information content (AvgIpc) is 3.16. The van der Waals surface area contributed by atoms with Crippen molar-refractivity contribution in [2.45, 2.75) is 60.5 Å². The van der Waals surface area contributed by atoms with E-state index in [1.165, 1.54) is 0 Å². The SMILES string of the molecule is CC.CC.CC(=N)c1c(N)cc(C)cc1OC1CC1. The second-order valence-electron chi connectivity index (χ2n) is 4.17. The lowest BCUT2D eigenvalue weighted by Gasteiger charge is -2.13. The van der Waals surface area contributed by atoms with Crippen molar-refractivity contribution in [3.63, 3.8) is 0 Å². The van der Waals surface area contributed by atoms with Crippen molar-refractivity contribution in [2.24, 2.45) is 0 Å². The number of nitrogens with two attached hydrogens (primary N) is 1. The van der Waals surface area contributed by atoms with Crippen LogP contribution in [0.25, 0.3) is 0 Å². The standard InChI is InChI=1S/C12H16N2O.2C2H6/c1-7-5-10(14)12(8(2)13)11(6-7)15-9-3-4-9;2*1-2/h5-6,9,13H,3-4,14H2,1-2H3;2*1-2H3. The molecule has 1 aliphatic carbocycles. The molecular weight excluding hydrogens is 236 g/mol. The summed E-state index contributed by atoms with van der Waals surface area (Å²) in [7, 11) is 0. The Morgan fingerprint density at radius 2 is 1.74 bits per heavy atom. The predicted molar refractivity (Wildman–Crippen MR) is 84.4 cm³/mol. The molecule has 1 aromatic rings. The number of nitrogen functional groups attached to an aromatic ring is 1. The van der Waals surface area contributed by atoms with Crippen LogP contribution in [0.3, 0.4) is 0 Å². The van der Waals surface area contributed by atoms with Crippen LogP contribution < -0.4 is 10.5 Å². The summed E-state index contributed by atoms with van der Waals surface area (Å²) in [6.45, 7) is 11.7. The molecule has 3 nitrogen and oxygen atoms in total. The van der Waals surface area contributed by atoms with Gasteiger partial charge in [-0.1, -0.05) is 27.7 Å². The fourth-order valence-electron chi connectivity index (χ4n) is 1.64. The Bertz CT molecular complexity index is 409. The lowest BCUT2D eigenvalue weighted by Crippen LogP contribution is -2.06. The zero-order valence-corrected chi connectivity index (χ0v) is 13.1. The molecule has 0 atom stereocenters. The van der Waals surface area contributed by atoms with Crippen molar-refractivity contribution in [3.05, 3.63) is 23.3 Å². The van der Waals surface area contributed by atoms with Gasteiger partial charge in [0.1, 0.15) is 5.75 Å². The lowest BCUT2D eigenvalue weighted by molar-refractivity contribution is 0.302. The van der Waals surface area contributed by atoms with Crippen LogP contribution in [0.4, 0.5) is 5.69 Å². The molecule has 0 saturated heterocycles. The van der Waals surface area contributed by atoms with E-state index in [-0.39, 0.29) is 0 Å². The van der Waals surface area contributed by atoms with E-state index >= 15 is 0 Å². The second kappa shape index (κ2) is 8.57. The van der Waals surface area contributed by atoms with Gasteiger partial charge >= 0.3 is 0 Å². The highest BCUT2D eigenvalue weighted by atomic mass is 16.5. The molecule has 3 N–H and O–H groups in total. The van der Waals surface area contributed by atoms with Crippen LogP contribution in [-0.2, 0) is 0 Å². The first kappa shape index (κ1) is 17.5. The van der Waals surface area contributed by atoms with Crippen molar-refractivity contribution in [1.29, 1.82) is 5.41 Å². The van der Waals surface area contributed by atoms with Gasteiger partial charge in [-0.25, -0.2) is 0 Å². The van der Waals surface area contributed by atoms with Crippen molar-refractivity contribution >= 4 is 11.4 Å². The Balaban J connectivity index is 0.000000741. The molecule has 1 saturated carbocycles. The third kappa shape index (κ3) is 5.33. The summed E-state index contributed by atoms with van der Waals surface area (Å²) in [6.07, 6.45) is 2.57. The fraction of sp³-hybridized carbons (Fsp3) is 0.562. The van der Waals surface area contributed by atoms with Crippen LogP contribution in [0.1, 0.15) is 58.6 Å². The number of nitrogens with one attached hydrogen (secondary N) is 1. The zero-order chi connectivity index (χ0) is 15.0. The first-order valence-electron chi connectivity index (χ1n) is 7.20.